The van der Waals surface area contributed by atoms with Gasteiger partial charge in [-0.25, -0.2) is 4.98 Å². The van der Waals surface area contributed by atoms with Crippen molar-refractivity contribution < 1.29 is 4.42 Å². The third-order valence-corrected chi connectivity index (χ3v) is 6.42. The van der Waals surface area contributed by atoms with E-state index in [2.05, 4.69) is 59.8 Å². The van der Waals surface area contributed by atoms with Gasteiger partial charge in [0, 0.05) is 35.1 Å². The lowest BCUT2D eigenvalue weighted by Crippen LogP contribution is -2.68. The highest BCUT2D eigenvalue weighted by molar-refractivity contribution is 6.08. The second-order valence-electron chi connectivity index (χ2n) is 8.05. The highest BCUT2D eigenvalue weighted by Crippen LogP contribution is 2.46. The fourth-order valence-corrected chi connectivity index (χ4v) is 4.89. The van der Waals surface area contributed by atoms with Crippen LogP contribution in [0.2, 0.25) is 0 Å². The predicted octanol–water partition coefficient (Wildman–Crippen LogP) is 4.62. The van der Waals surface area contributed by atoms with Crippen LogP contribution in [0.3, 0.4) is 0 Å². The first-order valence-corrected chi connectivity index (χ1v) is 9.31. The van der Waals surface area contributed by atoms with Gasteiger partial charge in [-0.3, -0.25) is 4.90 Å². The number of benzene rings is 1. The fourth-order valence-electron chi connectivity index (χ4n) is 4.89. The Morgan fingerprint density at radius 2 is 1.80 bits per heavy atom. The SMILES string of the molecule is Cc1ccc2c(n1)oc1c(N3[C@@H](C)N4CCC3(C)CC4)c(C)ccc12. The molecule has 0 unspecified atom stereocenters. The normalized spacial score (nSPS) is 29.0. The molecule has 3 saturated heterocycles. The van der Waals surface area contributed by atoms with Crippen LogP contribution >= 0.6 is 0 Å². The maximum absolute atomic E-state index is 6.33. The topological polar surface area (TPSA) is 32.5 Å². The second kappa shape index (κ2) is 4.98. The van der Waals surface area contributed by atoms with Crippen molar-refractivity contribution in [2.75, 3.05) is 18.0 Å². The molecule has 0 saturated carbocycles. The lowest BCUT2D eigenvalue weighted by atomic mass is 9.82. The standard InChI is InChI=1S/C21H25N3O/c1-13-5-7-16-17-8-6-14(2)22-20(17)25-19(16)18(13)24-15(3)23-11-9-21(24,4)10-12-23/h5-8,15H,9-12H2,1-4H3/t15-/m0/s1. The van der Waals surface area contributed by atoms with Gasteiger partial charge in [-0.15, -0.1) is 0 Å². The minimum atomic E-state index is 0.204. The maximum atomic E-state index is 6.33. The van der Waals surface area contributed by atoms with Crippen molar-refractivity contribution in [1.29, 1.82) is 0 Å². The summed E-state index contributed by atoms with van der Waals surface area (Å²) in [5.74, 6) is 0. The van der Waals surface area contributed by atoms with E-state index in [1.54, 1.807) is 0 Å². The van der Waals surface area contributed by atoms with E-state index in [0.29, 0.717) is 6.17 Å². The molecule has 25 heavy (non-hydrogen) atoms. The molecule has 5 heterocycles. The number of fused-ring (bicyclic) bond motifs is 6. The van der Waals surface area contributed by atoms with E-state index in [-0.39, 0.29) is 5.54 Å². The molecular weight excluding hydrogens is 310 g/mol. The Balaban J connectivity index is 1.81. The molecule has 3 aliphatic heterocycles. The molecule has 0 N–H and O–H groups in total. The number of hydrogen-bond acceptors (Lipinski definition) is 4. The number of aromatic nitrogens is 1. The van der Waals surface area contributed by atoms with Crippen molar-refractivity contribution >= 4 is 27.8 Å². The number of furan rings is 1. The van der Waals surface area contributed by atoms with Gasteiger partial charge in [0.05, 0.1) is 11.9 Å². The van der Waals surface area contributed by atoms with Gasteiger partial charge in [0.15, 0.2) is 5.58 Å². The summed E-state index contributed by atoms with van der Waals surface area (Å²) < 4.78 is 6.33. The Morgan fingerprint density at radius 3 is 2.52 bits per heavy atom. The molecule has 0 amide bonds. The van der Waals surface area contributed by atoms with E-state index in [4.69, 9.17) is 4.42 Å². The summed E-state index contributed by atoms with van der Waals surface area (Å²) in [7, 11) is 0. The van der Waals surface area contributed by atoms with Crippen molar-refractivity contribution in [1.82, 2.24) is 9.88 Å². The zero-order valence-corrected chi connectivity index (χ0v) is 15.5. The van der Waals surface area contributed by atoms with E-state index < -0.39 is 0 Å². The zero-order chi connectivity index (χ0) is 17.3. The summed E-state index contributed by atoms with van der Waals surface area (Å²) in [6.07, 6.45) is 2.83. The van der Waals surface area contributed by atoms with Crippen LogP contribution in [0.4, 0.5) is 5.69 Å². The smallest absolute Gasteiger partial charge is 0.227 e. The average molecular weight is 335 g/mol. The van der Waals surface area contributed by atoms with Crippen LogP contribution in [0.15, 0.2) is 28.7 Å². The number of pyridine rings is 1. The fraction of sp³-hybridized carbons (Fsp3) is 0.476. The molecular formula is C21H25N3O. The van der Waals surface area contributed by atoms with Gasteiger partial charge in [-0.05, 0) is 58.2 Å². The van der Waals surface area contributed by atoms with Crippen molar-refractivity contribution in [3.8, 4) is 0 Å². The van der Waals surface area contributed by atoms with Crippen LogP contribution in [-0.4, -0.2) is 34.7 Å². The van der Waals surface area contributed by atoms with Crippen LogP contribution in [0, 0.1) is 13.8 Å². The Bertz CT molecular complexity index is 982. The van der Waals surface area contributed by atoms with Crippen molar-refractivity contribution in [3.63, 3.8) is 0 Å². The molecule has 0 spiro atoms. The van der Waals surface area contributed by atoms with Crippen molar-refractivity contribution in [2.24, 2.45) is 0 Å². The summed E-state index contributed by atoms with van der Waals surface area (Å²) in [5.41, 5.74) is 5.48. The molecule has 3 aliphatic rings. The third-order valence-electron chi connectivity index (χ3n) is 6.42. The van der Waals surface area contributed by atoms with Crippen LogP contribution < -0.4 is 4.90 Å². The van der Waals surface area contributed by atoms with Gasteiger partial charge in [0.2, 0.25) is 5.71 Å². The number of hydrogen-bond donors (Lipinski definition) is 0. The summed E-state index contributed by atoms with van der Waals surface area (Å²) in [6.45, 7) is 11.4. The zero-order valence-electron chi connectivity index (χ0n) is 15.5. The average Bonchev–Trinajstić information content (AvgIpc) is 2.94. The molecule has 6 rings (SSSR count). The molecule has 4 heteroatoms. The molecule has 0 aliphatic carbocycles. The summed E-state index contributed by atoms with van der Waals surface area (Å²) in [6, 6.07) is 8.63. The first-order valence-electron chi connectivity index (χ1n) is 9.31. The van der Waals surface area contributed by atoms with Gasteiger partial charge in [-0.2, -0.15) is 0 Å². The predicted molar refractivity (Wildman–Crippen MR) is 102 cm³/mol. The first-order chi connectivity index (χ1) is 12.0. The number of nitrogens with zero attached hydrogens (tertiary/aromatic N) is 3. The number of piperidine rings is 1. The van der Waals surface area contributed by atoms with E-state index >= 15 is 0 Å². The summed E-state index contributed by atoms with van der Waals surface area (Å²) in [4.78, 5) is 9.83. The Hall–Kier alpha value is -2.07. The molecule has 1 aromatic carbocycles. The van der Waals surface area contributed by atoms with Crippen molar-refractivity contribution in [3.05, 3.63) is 35.5 Å². The summed E-state index contributed by atoms with van der Waals surface area (Å²) in [5, 5.41) is 2.29. The Kier molecular flexibility index (Phi) is 3.03. The first kappa shape index (κ1) is 15.2. The monoisotopic (exact) mass is 335 g/mol. The van der Waals surface area contributed by atoms with E-state index in [9.17, 15) is 0 Å². The van der Waals surface area contributed by atoms with Gasteiger partial charge >= 0.3 is 0 Å². The van der Waals surface area contributed by atoms with E-state index in [1.807, 2.05) is 6.92 Å². The molecule has 3 aromatic rings. The van der Waals surface area contributed by atoms with Gasteiger partial charge in [-0.1, -0.05) is 12.1 Å². The van der Waals surface area contributed by atoms with Gasteiger partial charge < -0.3 is 9.32 Å². The lowest BCUT2D eigenvalue weighted by Gasteiger charge is -2.59. The third kappa shape index (κ3) is 2.00. The Morgan fingerprint density at radius 1 is 1.08 bits per heavy atom. The van der Waals surface area contributed by atoms with E-state index in [1.165, 1.54) is 42.6 Å². The number of rotatable bonds is 1. The highest BCUT2D eigenvalue weighted by Gasteiger charge is 2.47. The van der Waals surface area contributed by atoms with Crippen LogP contribution in [0.5, 0.6) is 0 Å². The summed E-state index contributed by atoms with van der Waals surface area (Å²) >= 11 is 0. The minimum absolute atomic E-state index is 0.204. The molecule has 1 atom stereocenters. The highest BCUT2D eigenvalue weighted by atomic mass is 16.3. The molecule has 130 valence electrons. The minimum Gasteiger partial charge on any atom is -0.436 e. The van der Waals surface area contributed by atoms with Gasteiger partial charge in [0.1, 0.15) is 0 Å². The van der Waals surface area contributed by atoms with Crippen LogP contribution in [0.25, 0.3) is 22.1 Å². The maximum Gasteiger partial charge on any atom is 0.227 e. The number of aryl methyl sites for hydroxylation is 2. The van der Waals surface area contributed by atoms with E-state index in [0.717, 1.165) is 22.4 Å². The molecule has 2 bridgehead atoms. The second-order valence-corrected chi connectivity index (χ2v) is 8.05. The number of anilines is 1. The van der Waals surface area contributed by atoms with Crippen LogP contribution in [0.1, 0.15) is 37.9 Å². The molecule has 2 aromatic heterocycles. The molecule has 0 radical (unpaired) electrons. The van der Waals surface area contributed by atoms with Crippen LogP contribution in [-0.2, 0) is 0 Å². The van der Waals surface area contributed by atoms with Gasteiger partial charge in [0.25, 0.3) is 0 Å². The van der Waals surface area contributed by atoms with Crippen molar-refractivity contribution in [2.45, 2.75) is 52.2 Å². The quantitative estimate of drug-likeness (QED) is 0.650. The molecule has 3 fully saturated rings. The molecule has 4 nitrogen and oxygen atoms in total. The Labute approximate surface area is 148 Å². The largest absolute Gasteiger partial charge is 0.436 e. The lowest BCUT2D eigenvalue weighted by molar-refractivity contribution is 0.0487.